The fourth-order valence-corrected chi connectivity index (χ4v) is 5.83. The van der Waals surface area contributed by atoms with Crippen LogP contribution in [0.15, 0.2) is 93.2 Å². The lowest BCUT2D eigenvalue weighted by molar-refractivity contribution is -0.136. The zero-order chi connectivity index (χ0) is 24.4. The van der Waals surface area contributed by atoms with Crippen LogP contribution in [-0.4, -0.2) is 17.6 Å². The van der Waals surface area contributed by atoms with E-state index < -0.39 is 12.0 Å². The highest BCUT2D eigenvalue weighted by molar-refractivity contribution is 7.10. The molecule has 1 aliphatic heterocycles. The summed E-state index contributed by atoms with van der Waals surface area (Å²) >= 11 is 2.80. The minimum atomic E-state index is -0.561. The number of rotatable bonds is 6. The van der Waals surface area contributed by atoms with Crippen molar-refractivity contribution in [2.75, 3.05) is 7.11 Å². The number of hydrogen-bond acceptors (Lipinski definition) is 7. The molecule has 1 aliphatic rings. The number of benzene rings is 2. The second-order valence-corrected chi connectivity index (χ2v) is 9.92. The number of thiazole rings is 1. The lowest BCUT2D eigenvalue weighted by atomic mass is 10.0. The van der Waals surface area contributed by atoms with Crippen molar-refractivity contribution in [1.82, 2.24) is 4.57 Å². The number of thiophene rings is 1. The van der Waals surface area contributed by atoms with Crippen molar-refractivity contribution < 1.29 is 14.3 Å². The molecule has 0 saturated heterocycles. The van der Waals surface area contributed by atoms with Crippen LogP contribution in [0.5, 0.6) is 5.75 Å². The lowest BCUT2D eigenvalue weighted by Gasteiger charge is -2.22. The summed E-state index contributed by atoms with van der Waals surface area (Å²) in [6.45, 7) is 2.27. The highest BCUT2D eigenvalue weighted by Gasteiger charge is 2.33. The smallest absolute Gasteiger partial charge is 0.338 e. The highest BCUT2D eigenvalue weighted by atomic mass is 32.1. The number of methoxy groups -OCH3 is 1. The summed E-state index contributed by atoms with van der Waals surface area (Å²) < 4.78 is 13.0. The maximum absolute atomic E-state index is 13.5. The predicted octanol–water partition coefficient (Wildman–Crippen LogP) is 4.05. The van der Waals surface area contributed by atoms with Gasteiger partial charge in [0, 0.05) is 4.88 Å². The minimum absolute atomic E-state index is 0.189. The molecule has 0 amide bonds. The van der Waals surface area contributed by atoms with Crippen LogP contribution in [0.3, 0.4) is 0 Å². The van der Waals surface area contributed by atoms with E-state index in [1.807, 2.05) is 78.2 Å². The van der Waals surface area contributed by atoms with Gasteiger partial charge in [0.25, 0.3) is 5.56 Å². The number of esters is 1. The Labute approximate surface area is 209 Å². The molecule has 2 aromatic carbocycles. The minimum Gasteiger partial charge on any atom is -0.489 e. The fourth-order valence-electron chi connectivity index (χ4n) is 3.96. The number of ether oxygens (including phenoxy) is 2. The third-order valence-corrected chi connectivity index (χ3v) is 7.57. The van der Waals surface area contributed by atoms with Gasteiger partial charge in [-0.05, 0) is 47.7 Å². The van der Waals surface area contributed by atoms with Crippen molar-refractivity contribution in [2.24, 2.45) is 4.99 Å². The zero-order valence-corrected chi connectivity index (χ0v) is 20.8. The lowest BCUT2D eigenvalue weighted by Crippen LogP contribution is -2.39. The van der Waals surface area contributed by atoms with E-state index in [2.05, 4.69) is 4.99 Å². The first kappa shape index (κ1) is 23.0. The van der Waals surface area contributed by atoms with E-state index in [4.69, 9.17) is 9.47 Å². The average Bonchev–Trinajstić information content (AvgIpc) is 3.52. The molecule has 5 rings (SSSR count). The van der Waals surface area contributed by atoms with E-state index in [0.29, 0.717) is 27.2 Å². The summed E-state index contributed by atoms with van der Waals surface area (Å²) in [5, 5.41) is 1.93. The first-order valence-electron chi connectivity index (χ1n) is 11.0. The van der Waals surface area contributed by atoms with Crippen molar-refractivity contribution in [3.63, 3.8) is 0 Å². The molecule has 0 aliphatic carbocycles. The highest BCUT2D eigenvalue weighted by Crippen LogP contribution is 2.33. The Balaban J connectivity index is 1.48. The van der Waals surface area contributed by atoms with Gasteiger partial charge in [-0.3, -0.25) is 9.36 Å². The Morgan fingerprint density at radius 3 is 2.54 bits per heavy atom. The quantitative estimate of drug-likeness (QED) is 0.373. The van der Waals surface area contributed by atoms with Gasteiger partial charge in [-0.15, -0.1) is 11.3 Å². The van der Waals surface area contributed by atoms with E-state index in [0.717, 1.165) is 21.8 Å². The number of allylic oxidation sites excluding steroid dienone is 1. The third-order valence-electron chi connectivity index (χ3n) is 5.67. The molecule has 8 heteroatoms. The maximum Gasteiger partial charge on any atom is 0.338 e. The summed E-state index contributed by atoms with van der Waals surface area (Å²) in [5.74, 6) is 0.272. The largest absolute Gasteiger partial charge is 0.489 e. The number of carbonyl (C=O) groups excluding carboxylic acids is 1. The number of fused-ring (bicyclic) bond motifs is 1. The van der Waals surface area contributed by atoms with Gasteiger partial charge >= 0.3 is 5.97 Å². The van der Waals surface area contributed by atoms with Gasteiger partial charge in [-0.25, -0.2) is 9.79 Å². The van der Waals surface area contributed by atoms with Gasteiger partial charge in [0.1, 0.15) is 18.4 Å². The van der Waals surface area contributed by atoms with Crippen molar-refractivity contribution >= 4 is 34.7 Å². The van der Waals surface area contributed by atoms with Crippen LogP contribution >= 0.6 is 22.7 Å². The first-order chi connectivity index (χ1) is 17.0. The number of nitrogens with zero attached hydrogens (tertiary/aromatic N) is 2. The Hall–Kier alpha value is -3.75. The molecule has 0 fully saturated rings. The molecule has 2 aromatic heterocycles. The molecule has 176 valence electrons. The molecule has 0 bridgehead atoms. The Morgan fingerprint density at radius 2 is 1.86 bits per heavy atom. The second kappa shape index (κ2) is 9.85. The van der Waals surface area contributed by atoms with Crippen molar-refractivity contribution in [3.05, 3.63) is 119 Å². The number of hydrogen-bond donors (Lipinski definition) is 0. The van der Waals surface area contributed by atoms with Crippen LogP contribution in [-0.2, 0) is 16.1 Å². The van der Waals surface area contributed by atoms with Crippen molar-refractivity contribution in [1.29, 1.82) is 0 Å². The van der Waals surface area contributed by atoms with Gasteiger partial charge in [0.05, 0.1) is 22.9 Å². The Kier molecular flexibility index (Phi) is 6.48. The van der Waals surface area contributed by atoms with Crippen LogP contribution < -0.4 is 19.6 Å². The summed E-state index contributed by atoms with van der Waals surface area (Å²) in [4.78, 5) is 32.1. The third kappa shape index (κ3) is 4.62. The molecule has 3 heterocycles. The molecule has 1 unspecified atom stereocenters. The summed E-state index contributed by atoms with van der Waals surface area (Å²) in [5.41, 5.74) is 2.72. The van der Waals surface area contributed by atoms with Crippen LogP contribution in [0.4, 0.5) is 0 Å². The molecule has 0 spiro atoms. The standard InChI is InChI=1S/C27H22N2O4S2/c1-17-23(26(31)32-2)24(21-9-6-14-34-21)29-25(30)22(35-27(29)28-17)15-18-10-12-20(13-11-18)33-16-19-7-4-3-5-8-19/h3-15,24H,16H2,1-2H3. The maximum atomic E-state index is 13.5. The number of aromatic nitrogens is 1. The molecule has 0 N–H and O–H groups in total. The fraction of sp³-hybridized carbons (Fsp3) is 0.148. The van der Waals surface area contributed by atoms with Gasteiger partial charge in [0.2, 0.25) is 0 Å². The molecule has 0 saturated carbocycles. The molecule has 35 heavy (non-hydrogen) atoms. The summed E-state index contributed by atoms with van der Waals surface area (Å²) in [6.07, 6.45) is 1.84. The Morgan fingerprint density at radius 1 is 1.09 bits per heavy atom. The molecular formula is C27H22N2O4S2. The molecule has 6 nitrogen and oxygen atoms in total. The van der Waals surface area contributed by atoms with Gasteiger partial charge < -0.3 is 9.47 Å². The number of carbonyl (C=O) groups is 1. The summed E-state index contributed by atoms with van der Waals surface area (Å²) in [7, 11) is 1.34. The predicted molar refractivity (Wildman–Crippen MR) is 137 cm³/mol. The topological polar surface area (TPSA) is 69.9 Å². The average molecular weight is 503 g/mol. The SMILES string of the molecule is COC(=O)C1=C(C)N=c2sc(=Cc3ccc(OCc4ccccc4)cc3)c(=O)n2C1c1cccs1. The van der Waals surface area contributed by atoms with Crippen LogP contribution in [0, 0.1) is 0 Å². The first-order valence-corrected chi connectivity index (χ1v) is 12.7. The van der Waals surface area contributed by atoms with E-state index in [1.165, 1.54) is 29.8 Å². The van der Waals surface area contributed by atoms with Crippen LogP contribution in [0.2, 0.25) is 0 Å². The molecular weight excluding hydrogens is 480 g/mol. The molecule has 4 aromatic rings. The monoisotopic (exact) mass is 502 g/mol. The van der Waals surface area contributed by atoms with Gasteiger partial charge in [0.15, 0.2) is 4.80 Å². The van der Waals surface area contributed by atoms with Crippen molar-refractivity contribution in [2.45, 2.75) is 19.6 Å². The van der Waals surface area contributed by atoms with Crippen LogP contribution in [0.25, 0.3) is 6.08 Å². The van der Waals surface area contributed by atoms with Crippen molar-refractivity contribution in [3.8, 4) is 5.75 Å². The Bertz CT molecular complexity index is 1560. The van der Waals surface area contributed by atoms with Gasteiger partial charge in [-0.1, -0.05) is 59.9 Å². The van der Waals surface area contributed by atoms with E-state index in [-0.39, 0.29) is 5.56 Å². The second-order valence-electron chi connectivity index (χ2n) is 7.93. The van der Waals surface area contributed by atoms with E-state index in [1.54, 1.807) is 11.5 Å². The van der Waals surface area contributed by atoms with E-state index in [9.17, 15) is 9.59 Å². The van der Waals surface area contributed by atoms with E-state index >= 15 is 0 Å². The normalized spacial score (nSPS) is 15.5. The van der Waals surface area contributed by atoms with Crippen LogP contribution in [0.1, 0.15) is 29.0 Å². The van der Waals surface area contributed by atoms with Gasteiger partial charge in [-0.2, -0.15) is 0 Å². The molecule has 1 atom stereocenters. The summed E-state index contributed by atoms with van der Waals surface area (Å²) in [6, 6.07) is 20.9. The zero-order valence-electron chi connectivity index (χ0n) is 19.1. The molecule has 0 radical (unpaired) electrons.